The molecule has 0 bridgehead atoms. The maximum Gasteiger partial charge on any atom is 0.647 e. The van der Waals surface area contributed by atoms with Crippen LogP contribution in [0.4, 0.5) is 0 Å². The van der Waals surface area contributed by atoms with Gasteiger partial charge < -0.3 is 27.1 Å². The highest BCUT2D eigenvalue weighted by Gasteiger charge is 2.35. The first kappa shape index (κ1) is 28.4. The molecule has 0 saturated carbocycles. The molecule has 0 fully saturated rings. The number of phosphoric ester groups is 2. The fraction of sp³-hybridized carbons (Fsp3) is 0. The maximum absolute atomic E-state index is 13.8. The van der Waals surface area contributed by atoms with Crippen molar-refractivity contribution in [1.29, 1.82) is 0 Å². The minimum absolute atomic E-state index is 0.0172. The first-order chi connectivity index (χ1) is 19.3. The summed E-state index contributed by atoms with van der Waals surface area (Å²) in [7, 11) is -8.58. The molecule has 204 valence electrons. The summed E-state index contributed by atoms with van der Waals surface area (Å²) in [5, 5.41) is 0. The van der Waals surface area contributed by atoms with E-state index in [4.69, 9.17) is 27.1 Å². The minimum Gasteiger partial charge on any atom is -0.387 e. The van der Waals surface area contributed by atoms with E-state index in [0.29, 0.717) is 0 Å². The van der Waals surface area contributed by atoms with Gasteiger partial charge in [0.15, 0.2) is 0 Å². The van der Waals surface area contributed by atoms with Crippen LogP contribution in [-0.2, 0) is 13.7 Å². The quantitative estimate of drug-likeness (QED) is 0.0834. The second kappa shape index (κ2) is 13.4. The van der Waals surface area contributed by atoms with Gasteiger partial charge in [0.05, 0.1) is 0 Å². The molecule has 10 heteroatoms. The van der Waals surface area contributed by atoms with Gasteiger partial charge in [-0.3, -0.25) is 0 Å². The lowest BCUT2D eigenvalue weighted by molar-refractivity contribution is 0.263. The molecule has 0 aliphatic heterocycles. The molecule has 0 radical (unpaired) electrons. The van der Waals surface area contributed by atoms with E-state index in [1.165, 1.54) is 30.4 Å². The van der Waals surface area contributed by atoms with Crippen molar-refractivity contribution in [2.45, 2.75) is 0 Å². The number of benzene rings is 4. The first-order valence-electron chi connectivity index (χ1n) is 12.0. The molecular weight excluding hydrogens is 550 g/mol. The fourth-order valence-corrected chi connectivity index (χ4v) is 5.59. The topological polar surface area (TPSA) is 89.5 Å². The van der Waals surface area contributed by atoms with Gasteiger partial charge in [-0.1, -0.05) is 86.0 Å². The average Bonchev–Trinajstić information content (AvgIpc) is 2.93. The van der Waals surface area contributed by atoms with Crippen LogP contribution >= 0.6 is 15.6 Å². The molecule has 1 atom stereocenters. The third-order valence-corrected chi connectivity index (χ3v) is 7.40. The molecule has 0 saturated heterocycles. The second-order valence-electron chi connectivity index (χ2n) is 7.92. The molecule has 8 nitrogen and oxygen atoms in total. The highest BCUT2D eigenvalue weighted by atomic mass is 31.2. The SMILES string of the molecule is C=C/C=C\C(=C)OP(=O)(Oc1ccccc1)Oc1cccc(OP(=O)(Oc2ccccc2)Oc2ccccc2)c1. The molecule has 0 spiro atoms. The van der Waals surface area contributed by atoms with Crippen LogP contribution in [-0.4, -0.2) is 0 Å². The Labute approximate surface area is 233 Å². The molecule has 0 aliphatic rings. The predicted octanol–water partition coefficient (Wildman–Crippen LogP) is 9.17. The van der Waals surface area contributed by atoms with E-state index in [1.54, 1.807) is 103 Å². The summed E-state index contributed by atoms with van der Waals surface area (Å²) in [6.45, 7) is 7.31. The van der Waals surface area contributed by atoms with E-state index < -0.39 is 15.6 Å². The zero-order valence-corrected chi connectivity index (χ0v) is 23.1. The maximum atomic E-state index is 13.8. The van der Waals surface area contributed by atoms with E-state index in [0.717, 1.165) is 0 Å². The van der Waals surface area contributed by atoms with Crippen molar-refractivity contribution in [1.82, 2.24) is 0 Å². The first-order valence-corrected chi connectivity index (χ1v) is 14.9. The summed E-state index contributed by atoms with van der Waals surface area (Å²) in [5.74, 6) is 0.885. The van der Waals surface area contributed by atoms with Crippen LogP contribution in [0.2, 0.25) is 0 Å². The summed E-state index contributed by atoms with van der Waals surface area (Å²) in [4.78, 5) is 0. The predicted molar refractivity (Wildman–Crippen MR) is 154 cm³/mol. The van der Waals surface area contributed by atoms with Crippen molar-refractivity contribution in [3.8, 4) is 28.7 Å². The smallest absolute Gasteiger partial charge is 0.387 e. The Hall–Kier alpha value is -4.64. The van der Waals surface area contributed by atoms with Crippen LogP contribution in [0.5, 0.6) is 28.7 Å². The lowest BCUT2D eigenvalue weighted by Crippen LogP contribution is -2.08. The molecular formula is C30H26O8P2. The standard InChI is InChI=1S/C30H26O8P2/c1-3-4-15-25(2)33-39(31,34-26-16-8-5-9-17-26)37-29-22-14-23-30(24-29)38-40(32,35-27-18-10-6-11-19-27)36-28-20-12-7-13-21-28/h3-24H,1-2H2/b15-4-. The monoisotopic (exact) mass is 576 g/mol. The zero-order valence-electron chi connectivity index (χ0n) is 21.3. The van der Waals surface area contributed by atoms with Gasteiger partial charge in [0.2, 0.25) is 0 Å². The van der Waals surface area contributed by atoms with Crippen molar-refractivity contribution in [3.63, 3.8) is 0 Å². The van der Waals surface area contributed by atoms with Gasteiger partial charge in [-0.15, -0.1) is 0 Å². The van der Waals surface area contributed by atoms with E-state index in [1.807, 2.05) is 0 Å². The van der Waals surface area contributed by atoms with Crippen LogP contribution in [0.1, 0.15) is 0 Å². The summed E-state index contributed by atoms with van der Waals surface area (Å²) in [5.41, 5.74) is 0. The Morgan fingerprint density at radius 1 is 0.550 bits per heavy atom. The molecule has 1 unspecified atom stereocenters. The summed E-state index contributed by atoms with van der Waals surface area (Å²) >= 11 is 0. The van der Waals surface area contributed by atoms with Crippen LogP contribution in [0.15, 0.2) is 152 Å². The second-order valence-corrected chi connectivity index (χ2v) is 10.8. The number of para-hydroxylation sites is 3. The summed E-state index contributed by atoms with van der Waals surface area (Å²) in [6, 6.07) is 31.2. The highest BCUT2D eigenvalue weighted by Crippen LogP contribution is 2.53. The van der Waals surface area contributed by atoms with E-state index >= 15 is 0 Å². The number of hydrogen-bond donors (Lipinski definition) is 0. The minimum atomic E-state index is -4.31. The Balaban J connectivity index is 1.59. The van der Waals surface area contributed by atoms with Gasteiger partial charge in [-0.05, 0) is 54.6 Å². The molecule has 0 N–H and O–H groups in total. The molecule has 0 aliphatic carbocycles. The van der Waals surface area contributed by atoms with Crippen molar-refractivity contribution in [3.05, 3.63) is 152 Å². The Morgan fingerprint density at radius 2 is 0.925 bits per heavy atom. The lowest BCUT2D eigenvalue weighted by atomic mass is 10.3. The van der Waals surface area contributed by atoms with Crippen molar-refractivity contribution < 1.29 is 36.3 Å². The van der Waals surface area contributed by atoms with E-state index in [-0.39, 0.29) is 34.5 Å². The molecule has 0 aromatic heterocycles. The fourth-order valence-electron chi connectivity index (χ4n) is 3.14. The third-order valence-electron chi connectivity index (χ3n) is 4.77. The summed E-state index contributed by atoms with van der Waals surface area (Å²) < 4.78 is 61.3. The van der Waals surface area contributed by atoms with Gasteiger partial charge in [0, 0.05) is 6.07 Å². The molecule has 4 aromatic carbocycles. The van der Waals surface area contributed by atoms with Gasteiger partial charge in [0.25, 0.3) is 0 Å². The Morgan fingerprint density at radius 3 is 1.38 bits per heavy atom. The van der Waals surface area contributed by atoms with E-state index in [9.17, 15) is 9.13 Å². The van der Waals surface area contributed by atoms with Crippen molar-refractivity contribution >= 4 is 15.6 Å². The number of phosphoric acid groups is 2. The number of rotatable bonds is 14. The van der Waals surface area contributed by atoms with Crippen molar-refractivity contribution in [2.24, 2.45) is 0 Å². The molecule has 0 amide bonds. The van der Waals surface area contributed by atoms with Gasteiger partial charge >= 0.3 is 15.6 Å². The molecule has 0 heterocycles. The normalized spacial score (nSPS) is 12.5. The van der Waals surface area contributed by atoms with Gasteiger partial charge in [-0.25, -0.2) is 0 Å². The molecule has 4 aromatic rings. The largest absolute Gasteiger partial charge is 0.647 e. The third kappa shape index (κ3) is 8.70. The Kier molecular flexibility index (Phi) is 9.53. The lowest BCUT2D eigenvalue weighted by Gasteiger charge is -2.21. The highest BCUT2D eigenvalue weighted by molar-refractivity contribution is 7.50. The zero-order chi connectivity index (χ0) is 28.3. The van der Waals surface area contributed by atoms with Gasteiger partial charge in [-0.2, -0.15) is 9.13 Å². The number of hydrogen-bond acceptors (Lipinski definition) is 8. The molecule has 4 rings (SSSR count). The molecule has 40 heavy (non-hydrogen) atoms. The Bertz CT molecular complexity index is 1490. The summed E-state index contributed by atoms with van der Waals surface area (Å²) in [6.07, 6.45) is 4.52. The van der Waals surface area contributed by atoms with Crippen LogP contribution in [0.3, 0.4) is 0 Å². The average molecular weight is 576 g/mol. The van der Waals surface area contributed by atoms with E-state index in [2.05, 4.69) is 13.2 Å². The van der Waals surface area contributed by atoms with Gasteiger partial charge in [0.1, 0.15) is 34.5 Å². The van der Waals surface area contributed by atoms with Crippen LogP contribution < -0.4 is 22.6 Å². The number of allylic oxidation sites excluding steroid dienone is 3. The van der Waals surface area contributed by atoms with Crippen LogP contribution in [0, 0.1) is 0 Å². The van der Waals surface area contributed by atoms with Crippen LogP contribution in [0.25, 0.3) is 0 Å². The van der Waals surface area contributed by atoms with Crippen molar-refractivity contribution in [2.75, 3.05) is 0 Å².